The van der Waals surface area contributed by atoms with Crippen LogP contribution in [0.3, 0.4) is 0 Å². The van der Waals surface area contributed by atoms with Crippen LogP contribution in [0.2, 0.25) is 0 Å². The van der Waals surface area contributed by atoms with Crippen LogP contribution in [0, 0.1) is 0 Å². The van der Waals surface area contributed by atoms with Gasteiger partial charge in [-0.3, -0.25) is 9.69 Å². The second kappa shape index (κ2) is 8.62. The maximum atomic E-state index is 12.7. The van der Waals surface area contributed by atoms with Gasteiger partial charge in [0.05, 0.1) is 18.1 Å². The lowest BCUT2D eigenvalue weighted by Gasteiger charge is -2.34. The van der Waals surface area contributed by atoms with Gasteiger partial charge in [0, 0.05) is 31.2 Å². The Morgan fingerprint density at radius 3 is 2.30 bits per heavy atom. The molecule has 8 heteroatoms. The second-order valence-corrected chi connectivity index (χ2v) is 8.08. The summed E-state index contributed by atoms with van der Waals surface area (Å²) in [4.78, 5) is 13.5. The molecule has 0 unspecified atom stereocenters. The van der Waals surface area contributed by atoms with Gasteiger partial charge in [0.2, 0.25) is 15.9 Å². The number of rotatable bonds is 7. The Bertz CT molecular complexity index is 864. The van der Waals surface area contributed by atoms with Crippen LogP contribution in [0.5, 0.6) is 0 Å². The molecule has 0 spiro atoms. The molecule has 3 N–H and O–H groups in total. The van der Waals surface area contributed by atoms with Gasteiger partial charge >= 0.3 is 0 Å². The van der Waals surface area contributed by atoms with Gasteiger partial charge in [-0.15, -0.1) is 0 Å². The molecule has 2 aromatic carbocycles. The van der Waals surface area contributed by atoms with Crippen LogP contribution >= 0.6 is 0 Å². The molecule has 144 valence electrons. The first-order chi connectivity index (χ1) is 13.0. The summed E-state index contributed by atoms with van der Waals surface area (Å²) in [5.41, 5.74) is 6.51. The highest BCUT2D eigenvalue weighted by atomic mass is 32.2. The molecular formula is C19H23N3O4S. The Labute approximate surface area is 159 Å². The van der Waals surface area contributed by atoms with Crippen molar-refractivity contribution in [3.63, 3.8) is 0 Å². The molecule has 1 heterocycles. The van der Waals surface area contributed by atoms with Crippen LogP contribution in [-0.2, 0) is 14.8 Å². The van der Waals surface area contributed by atoms with Crippen LogP contribution in [0.1, 0.15) is 22.0 Å². The highest BCUT2D eigenvalue weighted by Crippen LogP contribution is 2.22. The van der Waals surface area contributed by atoms with Gasteiger partial charge in [0.1, 0.15) is 0 Å². The number of ether oxygens (including phenoxy) is 1. The lowest BCUT2D eigenvalue weighted by molar-refractivity contribution is 0.0172. The summed E-state index contributed by atoms with van der Waals surface area (Å²) < 4.78 is 33.4. The van der Waals surface area contributed by atoms with Gasteiger partial charge in [-0.2, -0.15) is 0 Å². The minimum Gasteiger partial charge on any atom is -0.379 e. The lowest BCUT2D eigenvalue weighted by Crippen LogP contribution is -2.43. The van der Waals surface area contributed by atoms with E-state index in [0.29, 0.717) is 13.2 Å². The number of hydrogen-bond donors (Lipinski definition) is 2. The molecule has 1 atom stereocenters. The quantitative estimate of drug-likeness (QED) is 0.739. The fraction of sp³-hybridized carbons (Fsp3) is 0.316. The van der Waals surface area contributed by atoms with Crippen molar-refractivity contribution in [1.82, 2.24) is 9.62 Å². The fourth-order valence-corrected chi connectivity index (χ4v) is 4.13. The molecular weight excluding hydrogens is 366 g/mol. The molecule has 1 fully saturated rings. The summed E-state index contributed by atoms with van der Waals surface area (Å²) in [5.74, 6) is -0.594. The van der Waals surface area contributed by atoms with Crippen molar-refractivity contribution in [2.75, 3.05) is 32.8 Å². The van der Waals surface area contributed by atoms with E-state index < -0.39 is 15.9 Å². The minimum atomic E-state index is -3.70. The second-order valence-electron chi connectivity index (χ2n) is 6.32. The smallest absolute Gasteiger partial charge is 0.248 e. The number of benzene rings is 2. The van der Waals surface area contributed by atoms with Gasteiger partial charge in [0.25, 0.3) is 0 Å². The Morgan fingerprint density at radius 2 is 1.70 bits per heavy atom. The highest BCUT2D eigenvalue weighted by Gasteiger charge is 2.25. The third-order valence-corrected chi connectivity index (χ3v) is 6.03. The van der Waals surface area contributed by atoms with E-state index in [1.807, 2.05) is 30.3 Å². The number of nitrogens with zero attached hydrogens (tertiary/aromatic N) is 1. The predicted octanol–water partition coefficient (Wildman–Crippen LogP) is 1.14. The maximum absolute atomic E-state index is 12.7. The number of nitrogens with two attached hydrogens (primary N) is 1. The van der Waals surface area contributed by atoms with E-state index in [4.69, 9.17) is 10.5 Å². The van der Waals surface area contributed by atoms with Crippen molar-refractivity contribution in [1.29, 1.82) is 0 Å². The van der Waals surface area contributed by atoms with Gasteiger partial charge in [-0.05, 0) is 29.8 Å². The number of amides is 1. The topological polar surface area (TPSA) is 102 Å². The standard InChI is InChI=1S/C19H23N3O4S/c20-19(23)16-6-8-17(9-7-16)27(24,25)21-14-18(15-4-2-1-3-5-15)22-10-12-26-13-11-22/h1-9,18,21H,10-14H2,(H2,20,23)/t18-/m0/s1. The molecule has 3 rings (SSSR count). The Balaban J connectivity index is 1.76. The summed E-state index contributed by atoms with van der Waals surface area (Å²) >= 11 is 0. The molecule has 1 aliphatic heterocycles. The van der Waals surface area contributed by atoms with Gasteiger partial charge in [-0.1, -0.05) is 30.3 Å². The van der Waals surface area contributed by atoms with E-state index in [1.54, 1.807) is 0 Å². The van der Waals surface area contributed by atoms with Gasteiger partial charge in [-0.25, -0.2) is 13.1 Å². The number of morpholine rings is 1. The molecule has 0 aromatic heterocycles. The predicted molar refractivity (Wildman–Crippen MR) is 102 cm³/mol. The SMILES string of the molecule is NC(=O)c1ccc(S(=O)(=O)NC[C@@H](c2ccccc2)N2CCOCC2)cc1. The zero-order chi connectivity index (χ0) is 19.3. The van der Waals surface area contributed by atoms with E-state index in [0.717, 1.165) is 18.7 Å². The lowest BCUT2D eigenvalue weighted by atomic mass is 10.1. The van der Waals surface area contributed by atoms with E-state index >= 15 is 0 Å². The molecule has 0 radical (unpaired) electrons. The zero-order valence-corrected chi connectivity index (χ0v) is 15.7. The monoisotopic (exact) mass is 389 g/mol. The van der Waals surface area contributed by atoms with Crippen molar-refractivity contribution in [3.05, 3.63) is 65.7 Å². The fourth-order valence-electron chi connectivity index (χ4n) is 3.09. The summed E-state index contributed by atoms with van der Waals surface area (Å²) in [5, 5.41) is 0. The molecule has 0 bridgehead atoms. The zero-order valence-electron chi connectivity index (χ0n) is 14.9. The third kappa shape index (κ3) is 4.92. The molecule has 1 amide bonds. The molecule has 0 aliphatic carbocycles. The maximum Gasteiger partial charge on any atom is 0.248 e. The average Bonchev–Trinajstić information content (AvgIpc) is 2.70. The highest BCUT2D eigenvalue weighted by molar-refractivity contribution is 7.89. The van der Waals surface area contributed by atoms with Crippen molar-refractivity contribution in [2.45, 2.75) is 10.9 Å². The van der Waals surface area contributed by atoms with Gasteiger partial charge < -0.3 is 10.5 Å². The molecule has 27 heavy (non-hydrogen) atoms. The Hall–Kier alpha value is -2.26. The van der Waals surface area contributed by atoms with Crippen molar-refractivity contribution < 1.29 is 17.9 Å². The average molecular weight is 389 g/mol. The van der Waals surface area contributed by atoms with E-state index in [9.17, 15) is 13.2 Å². The molecule has 1 saturated heterocycles. The first-order valence-corrected chi connectivity index (χ1v) is 10.2. The minimum absolute atomic E-state index is 0.0882. The molecule has 0 saturated carbocycles. The summed E-state index contributed by atoms with van der Waals surface area (Å²) in [6, 6.07) is 15.3. The first-order valence-electron chi connectivity index (χ1n) is 8.73. The van der Waals surface area contributed by atoms with E-state index in [2.05, 4.69) is 9.62 Å². The Morgan fingerprint density at radius 1 is 1.07 bits per heavy atom. The summed E-state index contributed by atoms with van der Waals surface area (Å²) in [7, 11) is -3.70. The summed E-state index contributed by atoms with van der Waals surface area (Å²) in [6.07, 6.45) is 0. The van der Waals surface area contributed by atoms with Crippen molar-refractivity contribution in [3.8, 4) is 0 Å². The molecule has 7 nitrogen and oxygen atoms in total. The first kappa shape index (κ1) is 19.5. The molecule has 2 aromatic rings. The third-order valence-electron chi connectivity index (χ3n) is 4.59. The van der Waals surface area contributed by atoms with Crippen LogP contribution in [0.15, 0.2) is 59.5 Å². The van der Waals surface area contributed by atoms with Crippen LogP contribution in [-0.4, -0.2) is 52.1 Å². The van der Waals surface area contributed by atoms with Crippen LogP contribution in [0.4, 0.5) is 0 Å². The van der Waals surface area contributed by atoms with E-state index in [-0.39, 0.29) is 23.0 Å². The van der Waals surface area contributed by atoms with Crippen molar-refractivity contribution in [2.24, 2.45) is 5.73 Å². The number of hydrogen-bond acceptors (Lipinski definition) is 5. The van der Waals surface area contributed by atoms with Crippen LogP contribution in [0.25, 0.3) is 0 Å². The number of carbonyl (C=O) groups is 1. The van der Waals surface area contributed by atoms with Gasteiger partial charge in [0.15, 0.2) is 0 Å². The summed E-state index contributed by atoms with van der Waals surface area (Å²) in [6.45, 7) is 2.99. The normalized spacial score (nSPS) is 16.7. The van der Waals surface area contributed by atoms with Crippen LogP contribution < -0.4 is 10.5 Å². The van der Waals surface area contributed by atoms with Crippen molar-refractivity contribution >= 4 is 15.9 Å². The van der Waals surface area contributed by atoms with E-state index in [1.165, 1.54) is 24.3 Å². The number of nitrogens with one attached hydrogen (secondary N) is 1. The Kier molecular flexibility index (Phi) is 6.22. The number of sulfonamides is 1. The largest absolute Gasteiger partial charge is 0.379 e. The number of primary amides is 1. The molecule has 1 aliphatic rings. The number of carbonyl (C=O) groups excluding carboxylic acids is 1.